The lowest BCUT2D eigenvalue weighted by Gasteiger charge is -2.20. The average molecular weight is 246 g/mol. The highest BCUT2D eigenvalue weighted by Crippen LogP contribution is 2.29. The van der Waals surface area contributed by atoms with Gasteiger partial charge >= 0.3 is 0 Å². The van der Waals surface area contributed by atoms with Crippen molar-refractivity contribution in [1.82, 2.24) is 10.3 Å². The Kier molecular flexibility index (Phi) is 3.92. The second-order valence-electron chi connectivity index (χ2n) is 4.16. The van der Waals surface area contributed by atoms with E-state index in [1.165, 1.54) is 21.6 Å². The van der Waals surface area contributed by atoms with E-state index in [4.69, 9.17) is 0 Å². The van der Waals surface area contributed by atoms with E-state index < -0.39 is 0 Å². The Labute approximate surface area is 107 Å². The molecule has 1 N–H and O–H groups in total. The summed E-state index contributed by atoms with van der Waals surface area (Å²) in [5.41, 5.74) is 3.93. The summed E-state index contributed by atoms with van der Waals surface area (Å²) in [5.74, 6) is 0. The van der Waals surface area contributed by atoms with Crippen molar-refractivity contribution in [3.8, 4) is 0 Å². The highest BCUT2D eigenvalue weighted by Gasteiger charge is 2.17. The maximum Gasteiger partial charge on any atom is 0.0605 e. The third-order valence-corrected chi connectivity index (χ3v) is 3.87. The molecule has 2 heterocycles. The number of pyridine rings is 1. The van der Waals surface area contributed by atoms with Crippen LogP contribution in [0.2, 0.25) is 0 Å². The Hall–Kier alpha value is -1.19. The first kappa shape index (κ1) is 12.3. The molecule has 0 aliphatic heterocycles. The van der Waals surface area contributed by atoms with Crippen LogP contribution in [0.1, 0.15) is 34.5 Å². The molecule has 1 atom stereocenters. The van der Waals surface area contributed by atoms with Crippen LogP contribution in [0.4, 0.5) is 0 Å². The second kappa shape index (κ2) is 5.43. The molecule has 0 aliphatic rings. The summed E-state index contributed by atoms with van der Waals surface area (Å²) >= 11 is 1.80. The van der Waals surface area contributed by atoms with E-state index in [-0.39, 0.29) is 6.04 Å². The molecule has 2 aromatic heterocycles. The first-order valence-corrected chi connectivity index (χ1v) is 6.80. The highest BCUT2D eigenvalue weighted by molar-refractivity contribution is 7.10. The number of aryl methyl sites for hydroxylation is 2. The van der Waals surface area contributed by atoms with Crippen LogP contribution >= 0.6 is 11.3 Å². The van der Waals surface area contributed by atoms with Gasteiger partial charge in [0.1, 0.15) is 0 Å². The fourth-order valence-electron chi connectivity index (χ4n) is 2.06. The van der Waals surface area contributed by atoms with Crippen molar-refractivity contribution in [2.75, 3.05) is 6.54 Å². The SMILES string of the molecule is CCNC(c1cnccc1C)c1ccsc1C. The van der Waals surface area contributed by atoms with Gasteiger partial charge in [-0.2, -0.15) is 0 Å². The molecule has 1 unspecified atom stereocenters. The van der Waals surface area contributed by atoms with E-state index >= 15 is 0 Å². The van der Waals surface area contributed by atoms with Gasteiger partial charge in [-0.05, 0) is 54.6 Å². The monoisotopic (exact) mass is 246 g/mol. The smallest absolute Gasteiger partial charge is 0.0605 e. The molecule has 0 aliphatic carbocycles. The zero-order valence-corrected chi connectivity index (χ0v) is 11.3. The minimum atomic E-state index is 0.264. The van der Waals surface area contributed by atoms with Crippen molar-refractivity contribution in [3.05, 3.63) is 51.5 Å². The molecular formula is C14H18N2S. The van der Waals surface area contributed by atoms with E-state index in [2.05, 4.69) is 48.6 Å². The third kappa shape index (κ3) is 2.56. The van der Waals surface area contributed by atoms with Crippen LogP contribution in [-0.2, 0) is 0 Å². The predicted molar refractivity (Wildman–Crippen MR) is 73.5 cm³/mol. The Morgan fingerprint density at radius 2 is 2.12 bits per heavy atom. The Morgan fingerprint density at radius 1 is 1.29 bits per heavy atom. The van der Waals surface area contributed by atoms with Crippen LogP contribution in [0.5, 0.6) is 0 Å². The number of aromatic nitrogens is 1. The maximum atomic E-state index is 4.25. The van der Waals surface area contributed by atoms with Crippen LogP contribution in [0.15, 0.2) is 29.9 Å². The van der Waals surface area contributed by atoms with Crippen LogP contribution in [0.25, 0.3) is 0 Å². The van der Waals surface area contributed by atoms with Crippen molar-refractivity contribution in [2.24, 2.45) is 0 Å². The fraction of sp³-hybridized carbons (Fsp3) is 0.357. The lowest BCUT2D eigenvalue weighted by molar-refractivity contribution is 0.625. The van der Waals surface area contributed by atoms with E-state index in [1.807, 2.05) is 12.4 Å². The molecule has 0 amide bonds. The van der Waals surface area contributed by atoms with Crippen LogP contribution in [0.3, 0.4) is 0 Å². The maximum absolute atomic E-state index is 4.25. The van der Waals surface area contributed by atoms with Crippen LogP contribution in [-0.4, -0.2) is 11.5 Å². The largest absolute Gasteiger partial charge is 0.306 e. The molecule has 0 spiro atoms. The summed E-state index contributed by atoms with van der Waals surface area (Å²) in [5, 5.41) is 5.70. The third-order valence-electron chi connectivity index (χ3n) is 3.01. The van der Waals surface area contributed by atoms with Crippen molar-refractivity contribution in [3.63, 3.8) is 0 Å². The lowest BCUT2D eigenvalue weighted by Crippen LogP contribution is -2.23. The Morgan fingerprint density at radius 3 is 2.71 bits per heavy atom. The van der Waals surface area contributed by atoms with Crippen molar-refractivity contribution < 1.29 is 0 Å². The van der Waals surface area contributed by atoms with E-state index in [0.29, 0.717) is 0 Å². The summed E-state index contributed by atoms with van der Waals surface area (Å²) in [6.07, 6.45) is 3.82. The first-order valence-electron chi connectivity index (χ1n) is 5.92. The van der Waals surface area contributed by atoms with Gasteiger partial charge in [0.15, 0.2) is 0 Å². The minimum Gasteiger partial charge on any atom is -0.306 e. The molecule has 2 rings (SSSR count). The van der Waals surface area contributed by atoms with E-state index in [9.17, 15) is 0 Å². The second-order valence-corrected chi connectivity index (χ2v) is 5.28. The lowest BCUT2D eigenvalue weighted by atomic mass is 9.97. The molecule has 0 bridgehead atoms. The highest BCUT2D eigenvalue weighted by atomic mass is 32.1. The van der Waals surface area contributed by atoms with Crippen molar-refractivity contribution >= 4 is 11.3 Å². The van der Waals surface area contributed by atoms with Crippen LogP contribution in [0, 0.1) is 13.8 Å². The molecule has 0 saturated heterocycles. The molecule has 0 saturated carbocycles. The van der Waals surface area contributed by atoms with Gasteiger partial charge in [-0.15, -0.1) is 11.3 Å². The predicted octanol–water partition coefficient (Wildman–Crippen LogP) is 3.46. The van der Waals surface area contributed by atoms with Crippen molar-refractivity contribution in [1.29, 1.82) is 0 Å². The summed E-state index contributed by atoms with van der Waals surface area (Å²) in [4.78, 5) is 5.63. The molecule has 17 heavy (non-hydrogen) atoms. The van der Waals surface area contributed by atoms with Gasteiger partial charge in [0.2, 0.25) is 0 Å². The number of thiophene rings is 1. The summed E-state index contributed by atoms with van der Waals surface area (Å²) in [7, 11) is 0. The number of hydrogen-bond acceptors (Lipinski definition) is 3. The number of nitrogens with one attached hydrogen (secondary N) is 1. The van der Waals surface area contributed by atoms with Gasteiger partial charge in [0.05, 0.1) is 6.04 Å². The Bertz CT molecular complexity index is 490. The van der Waals surface area contributed by atoms with Gasteiger partial charge in [-0.1, -0.05) is 6.92 Å². The van der Waals surface area contributed by atoms with E-state index in [0.717, 1.165) is 6.54 Å². The molecule has 0 radical (unpaired) electrons. The zero-order valence-electron chi connectivity index (χ0n) is 10.5. The summed E-state index contributed by atoms with van der Waals surface area (Å²) in [6, 6.07) is 4.54. The molecule has 2 nitrogen and oxygen atoms in total. The molecule has 90 valence electrons. The molecule has 2 aromatic rings. The van der Waals surface area contributed by atoms with E-state index in [1.54, 1.807) is 11.3 Å². The minimum absolute atomic E-state index is 0.264. The van der Waals surface area contributed by atoms with Crippen LogP contribution < -0.4 is 5.32 Å². The number of hydrogen-bond donors (Lipinski definition) is 1. The molecular weight excluding hydrogens is 228 g/mol. The first-order chi connectivity index (χ1) is 8.24. The average Bonchev–Trinajstić information content (AvgIpc) is 2.74. The quantitative estimate of drug-likeness (QED) is 0.893. The summed E-state index contributed by atoms with van der Waals surface area (Å²) in [6.45, 7) is 7.41. The molecule has 0 aromatic carbocycles. The van der Waals surface area contributed by atoms with Gasteiger partial charge in [0.25, 0.3) is 0 Å². The fourth-order valence-corrected chi connectivity index (χ4v) is 2.81. The zero-order chi connectivity index (χ0) is 12.3. The molecule has 0 fully saturated rings. The van der Waals surface area contributed by atoms with Gasteiger partial charge in [0, 0.05) is 17.3 Å². The standard InChI is InChI=1S/C14H18N2S/c1-4-16-14(12-6-8-17-11(12)3)13-9-15-7-5-10(13)2/h5-9,14,16H,4H2,1-3H3. The van der Waals surface area contributed by atoms with Gasteiger partial charge < -0.3 is 5.32 Å². The molecule has 3 heteroatoms. The Balaban J connectivity index is 2.43. The summed E-state index contributed by atoms with van der Waals surface area (Å²) < 4.78 is 0. The number of nitrogens with zero attached hydrogens (tertiary/aromatic N) is 1. The van der Waals surface area contributed by atoms with Gasteiger partial charge in [-0.25, -0.2) is 0 Å². The topological polar surface area (TPSA) is 24.9 Å². The van der Waals surface area contributed by atoms with Gasteiger partial charge in [-0.3, -0.25) is 4.98 Å². The van der Waals surface area contributed by atoms with Crippen molar-refractivity contribution in [2.45, 2.75) is 26.8 Å². The normalized spacial score (nSPS) is 12.6. The number of rotatable bonds is 4.